The van der Waals surface area contributed by atoms with Crippen LogP contribution < -0.4 is 0 Å². The average molecular weight is 264 g/mol. The molecule has 0 aliphatic heterocycles. The largest absolute Gasteiger partial charge is 0.451 e. The Morgan fingerprint density at radius 1 is 1.05 bits per heavy atom. The summed E-state index contributed by atoms with van der Waals surface area (Å²) in [7, 11) is 0. The van der Waals surface area contributed by atoms with Gasteiger partial charge in [0.05, 0.1) is 23.1 Å². The number of hydrogen-bond donors (Lipinski definition) is 1. The lowest BCUT2D eigenvalue weighted by atomic mass is 10.1. The van der Waals surface area contributed by atoms with Crippen LogP contribution in [0.3, 0.4) is 0 Å². The van der Waals surface area contributed by atoms with Gasteiger partial charge >= 0.3 is 6.18 Å². The number of halogens is 3. The smallest absolute Gasteiger partial charge is 0.345 e. The summed E-state index contributed by atoms with van der Waals surface area (Å²) in [6, 6.07) is 6.53. The van der Waals surface area contributed by atoms with Crippen LogP contribution in [0.2, 0.25) is 0 Å². The average Bonchev–Trinajstić information content (AvgIpc) is 2.85. The lowest BCUT2D eigenvalue weighted by Gasteiger charge is -2.06. The Morgan fingerprint density at radius 3 is 2.68 bits per heavy atom. The van der Waals surface area contributed by atoms with Gasteiger partial charge < -0.3 is 4.98 Å². The Hall–Kier alpha value is -2.44. The Balaban J connectivity index is 2.10. The fourth-order valence-corrected chi connectivity index (χ4v) is 1.75. The lowest BCUT2D eigenvalue weighted by molar-refractivity contribution is -0.144. The number of alkyl halides is 3. The predicted octanol–water partition coefficient (Wildman–Crippen LogP) is 3.04. The fourth-order valence-electron chi connectivity index (χ4n) is 1.75. The molecular formula is C12H7F3N4. The highest BCUT2D eigenvalue weighted by atomic mass is 19.4. The highest BCUT2D eigenvalue weighted by molar-refractivity contribution is 5.80. The molecule has 0 radical (unpaired) electrons. The van der Waals surface area contributed by atoms with Gasteiger partial charge in [-0.25, -0.2) is 15.0 Å². The molecule has 0 unspecified atom stereocenters. The minimum atomic E-state index is -4.55. The number of aromatic amines is 1. The zero-order valence-corrected chi connectivity index (χ0v) is 9.44. The van der Waals surface area contributed by atoms with Gasteiger partial charge in [0.25, 0.3) is 0 Å². The van der Waals surface area contributed by atoms with Crippen LogP contribution in [-0.4, -0.2) is 19.9 Å². The zero-order valence-electron chi connectivity index (χ0n) is 9.44. The van der Waals surface area contributed by atoms with Gasteiger partial charge in [-0.2, -0.15) is 13.2 Å². The van der Waals surface area contributed by atoms with Gasteiger partial charge in [0.2, 0.25) is 5.82 Å². The van der Waals surface area contributed by atoms with E-state index in [9.17, 15) is 13.2 Å². The van der Waals surface area contributed by atoms with Crippen LogP contribution >= 0.6 is 0 Å². The molecule has 7 heteroatoms. The van der Waals surface area contributed by atoms with Crippen LogP contribution in [0.5, 0.6) is 0 Å². The molecule has 0 bridgehead atoms. The predicted molar refractivity (Wildman–Crippen MR) is 62.1 cm³/mol. The minimum absolute atomic E-state index is 0.221. The van der Waals surface area contributed by atoms with E-state index in [4.69, 9.17) is 0 Å². The maximum Gasteiger partial charge on any atom is 0.451 e. The Labute approximate surface area is 105 Å². The zero-order chi connectivity index (χ0) is 13.5. The Bertz CT molecular complexity index is 733. The van der Waals surface area contributed by atoms with Gasteiger partial charge in [0, 0.05) is 11.8 Å². The van der Waals surface area contributed by atoms with Crippen molar-refractivity contribution in [2.75, 3.05) is 0 Å². The third kappa shape index (κ3) is 2.14. The molecule has 0 atom stereocenters. The first-order valence-corrected chi connectivity index (χ1v) is 5.38. The van der Waals surface area contributed by atoms with E-state index in [0.717, 1.165) is 17.2 Å². The van der Waals surface area contributed by atoms with E-state index in [-0.39, 0.29) is 5.69 Å². The molecular weight excluding hydrogens is 257 g/mol. The summed E-state index contributed by atoms with van der Waals surface area (Å²) in [6.07, 6.45) is -1.92. The maximum absolute atomic E-state index is 12.5. The summed E-state index contributed by atoms with van der Waals surface area (Å²) in [5, 5.41) is 0. The summed E-state index contributed by atoms with van der Waals surface area (Å²) >= 11 is 0. The number of H-pyrrole nitrogens is 1. The van der Waals surface area contributed by atoms with Crippen molar-refractivity contribution >= 4 is 11.0 Å². The third-order valence-electron chi connectivity index (χ3n) is 2.63. The summed E-state index contributed by atoms with van der Waals surface area (Å²) in [5.41, 5.74) is 2.28. The highest BCUT2D eigenvalue weighted by Gasteiger charge is 2.34. The molecule has 0 fully saturated rings. The van der Waals surface area contributed by atoms with Crippen molar-refractivity contribution in [3.8, 4) is 11.3 Å². The summed E-state index contributed by atoms with van der Waals surface area (Å²) in [4.78, 5) is 13.7. The SMILES string of the molecule is FC(F)(F)c1nccc(-c2ccc3nc[nH]c3c2)n1. The number of nitrogens with zero attached hydrogens (tertiary/aromatic N) is 3. The van der Waals surface area contributed by atoms with Crippen LogP contribution in [0.1, 0.15) is 5.82 Å². The topological polar surface area (TPSA) is 54.5 Å². The number of fused-ring (bicyclic) bond motifs is 1. The number of aromatic nitrogens is 4. The van der Waals surface area contributed by atoms with Gasteiger partial charge in [-0.3, -0.25) is 0 Å². The van der Waals surface area contributed by atoms with Crippen molar-refractivity contribution in [3.05, 3.63) is 42.6 Å². The standard InChI is InChI=1S/C12H7F3N4/c13-12(14,15)11-16-4-3-8(19-11)7-1-2-9-10(5-7)18-6-17-9/h1-6H,(H,17,18). The number of rotatable bonds is 1. The molecule has 19 heavy (non-hydrogen) atoms. The summed E-state index contributed by atoms with van der Waals surface area (Å²) < 4.78 is 37.6. The van der Waals surface area contributed by atoms with Gasteiger partial charge in [-0.1, -0.05) is 6.07 Å². The van der Waals surface area contributed by atoms with E-state index in [0.29, 0.717) is 5.56 Å². The Kier molecular flexibility index (Phi) is 2.48. The van der Waals surface area contributed by atoms with Crippen LogP contribution in [0, 0.1) is 0 Å². The second-order valence-electron chi connectivity index (χ2n) is 3.90. The van der Waals surface area contributed by atoms with E-state index in [1.807, 2.05) is 0 Å². The van der Waals surface area contributed by atoms with Gasteiger partial charge in [-0.15, -0.1) is 0 Å². The fraction of sp³-hybridized carbons (Fsp3) is 0.0833. The third-order valence-corrected chi connectivity index (χ3v) is 2.63. The van der Waals surface area contributed by atoms with Crippen molar-refractivity contribution < 1.29 is 13.2 Å². The van der Waals surface area contributed by atoms with Crippen LogP contribution in [0.15, 0.2) is 36.8 Å². The van der Waals surface area contributed by atoms with Crippen LogP contribution in [0.4, 0.5) is 13.2 Å². The van der Waals surface area contributed by atoms with Gasteiger partial charge in [0.1, 0.15) is 0 Å². The first kappa shape index (κ1) is 11.6. The quantitative estimate of drug-likeness (QED) is 0.735. The summed E-state index contributed by atoms with van der Waals surface area (Å²) in [5.74, 6) is -1.14. The van der Waals surface area contributed by atoms with Crippen LogP contribution in [-0.2, 0) is 6.18 Å². The maximum atomic E-state index is 12.5. The van der Waals surface area contributed by atoms with E-state index >= 15 is 0 Å². The number of hydrogen-bond acceptors (Lipinski definition) is 3. The highest BCUT2D eigenvalue weighted by Crippen LogP contribution is 2.28. The Morgan fingerprint density at radius 2 is 1.89 bits per heavy atom. The second kappa shape index (κ2) is 4.04. The second-order valence-corrected chi connectivity index (χ2v) is 3.90. The van der Waals surface area contributed by atoms with E-state index < -0.39 is 12.0 Å². The van der Waals surface area contributed by atoms with Crippen LogP contribution in [0.25, 0.3) is 22.3 Å². The van der Waals surface area contributed by atoms with E-state index in [2.05, 4.69) is 19.9 Å². The van der Waals surface area contributed by atoms with Crippen molar-refractivity contribution in [2.45, 2.75) is 6.18 Å². The number of benzene rings is 1. The molecule has 0 aliphatic carbocycles. The van der Waals surface area contributed by atoms with Crippen molar-refractivity contribution in [1.29, 1.82) is 0 Å². The van der Waals surface area contributed by atoms with E-state index in [1.54, 1.807) is 18.2 Å². The molecule has 0 amide bonds. The molecule has 1 aromatic carbocycles. The molecule has 4 nitrogen and oxygen atoms in total. The first-order chi connectivity index (χ1) is 9.04. The molecule has 3 aromatic rings. The van der Waals surface area contributed by atoms with E-state index in [1.165, 1.54) is 12.4 Å². The molecule has 3 rings (SSSR count). The molecule has 0 aliphatic rings. The van der Waals surface area contributed by atoms with Crippen molar-refractivity contribution in [3.63, 3.8) is 0 Å². The first-order valence-electron chi connectivity index (χ1n) is 5.38. The summed E-state index contributed by atoms with van der Waals surface area (Å²) in [6.45, 7) is 0. The molecule has 2 aromatic heterocycles. The van der Waals surface area contributed by atoms with Gasteiger partial charge in [0.15, 0.2) is 0 Å². The lowest BCUT2D eigenvalue weighted by Crippen LogP contribution is -2.10. The molecule has 0 saturated carbocycles. The molecule has 0 spiro atoms. The van der Waals surface area contributed by atoms with Crippen molar-refractivity contribution in [2.24, 2.45) is 0 Å². The molecule has 96 valence electrons. The molecule has 2 heterocycles. The van der Waals surface area contributed by atoms with Crippen molar-refractivity contribution in [1.82, 2.24) is 19.9 Å². The number of imidazole rings is 1. The minimum Gasteiger partial charge on any atom is -0.345 e. The van der Waals surface area contributed by atoms with Gasteiger partial charge in [-0.05, 0) is 18.2 Å². The molecule has 0 saturated heterocycles. The normalized spacial score (nSPS) is 11.9. The molecule has 1 N–H and O–H groups in total. The number of nitrogens with one attached hydrogen (secondary N) is 1. The monoisotopic (exact) mass is 264 g/mol.